The van der Waals surface area contributed by atoms with E-state index in [0.717, 1.165) is 24.1 Å². The molecule has 10 heteroatoms. The summed E-state index contributed by atoms with van der Waals surface area (Å²) in [6, 6.07) is 15.8. The number of rotatable bonds is 6. The van der Waals surface area contributed by atoms with E-state index in [1.807, 2.05) is 42.5 Å². The zero-order valence-electron chi connectivity index (χ0n) is 21.7. The first-order valence-electron chi connectivity index (χ1n) is 13.5. The molecule has 2 aromatic heterocycles. The highest BCUT2D eigenvalue weighted by Gasteiger charge is 2.67. The van der Waals surface area contributed by atoms with Crippen molar-refractivity contribution in [2.45, 2.75) is 44.4 Å². The number of hydrogen-bond acceptors (Lipinski definition) is 8. The normalized spacial score (nSPS) is 25.5. The van der Waals surface area contributed by atoms with Gasteiger partial charge in [-0.1, -0.05) is 31.0 Å². The molecule has 2 N–H and O–H groups in total. The summed E-state index contributed by atoms with van der Waals surface area (Å²) in [6.45, 7) is 0.917. The first-order chi connectivity index (χ1) is 18.8. The van der Waals surface area contributed by atoms with Crippen LogP contribution in [0, 0.1) is 22.2 Å². The largest absolute Gasteiger partial charge is 0.439 e. The van der Waals surface area contributed by atoms with Crippen molar-refractivity contribution in [1.29, 1.82) is 5.26 Å². The summed E-state index contributed by atoms with van der Waals surface area (Å²) < 4.78 is 30.2. The first kappa shape index (κ1) is 25.6. The summed E-state index contributed by atoms with van der Waals surface area (Å²) in [5.41, 5.74) is 7.30. The number of oxazole rings is 1. The SMILES string of the molecule is N#CC1(C2(C(N)=O)CCCCC2c2oc(-c3ccccn3)nc2-c2ccc(N3CCS(=O)(=O)CC3)cc2)CC1. The van der Waals surface area contributed by atoms with Crippen molar-refractivity contribution >= 4 is 21.4 Å². The van der Waals surface area contributed by atoms with Crippen LogP contribution in [0.2, 0.25) is 0 Å². The molecule has 3 fully saturated rings. The lowest BCUT2D eigenvalue weighted by Crippen LogP contribution is -2.50. The predicted octanol–water partition coefficient (Wildman–Crippen LogP) is 4.07. The molecule has 2 saturated carbocycles. The molecule has 6 rings (SSSR count). The molecule has 1 aliphatic heterocycles. The molecule has 202 valence electrons. The highest BCUT2D eigenvalue weighted by Crippen LogP contribution is 2.68. The lowest BCUT2D eigenvalue weighted by atomic mass is 9.56. The fraction of sp³-hybridized carbons (Fsp3) is 0.448. The van der Waals surface area contributed by atoms with Crippen molar-refractivity contribution < 1.29 is 17.6 Å². The number of benzene rings is 1. The lowest BCUT2D eigenvalue weighted by molar-refractivity contribution is -0.135. The van der Waals surface area contributed by atoms with Crippen molar-refractivity contribution in [3.63, 3.8) is 0 Å². The third-order valence-corrected chi connectivity index (χ3v) is 10.5. The molecule has 0 radical (unpaired) electrons. The Balaban J connectivity index is 1.44. The molecule has 2 aliphatic carbocycles. The summed E-state index contributed by atoms with van der Waals surface area (Å²) in [7, 11) is -2.97. The molecule has 39 heavy (non-hydrogen) atoms. The van der Waals surface area contributed by atoms with E-state index in [4.69, 9.17) is 15.1 Å². The van der Waals surface area contributed by atoms with Crippen molar-refractivity contribution in [3.8, 4) is 28.9 Å². The number of nitrogens with zero attached hydrogens (tertiary/aromatic N) is 4. The maximum atomic E-state index is 13.2. The van der Waals surface area contributed by atoms with Gasteiger partial charge >= 0.3 is 0 Å². The molecule has 1 aromatic carbocycles. The van der Waals surface area contributed by atoms with Crippen molar-refractivity contribution in [2.75, 3.05) is 29.5 Å². The fourth-order valence-electron chi connectivity index (χ4n) is 6.59. The van der Waals surface area contributed by atoms with Gasteiger partial charge in [0.25, 0.3) is 0 Å². The second kappa shape index (κ2) is 9.49. The third kappa shape index (κ3) is 4.29. The van der Waals surface area contributed by atoms with Gasteiger partial charge in [0.05, 0.1) is 28.4 Å². The summed E-state index contributed by atoms with van der Waals surface area (Å²) in [5.74, 6) is 0.408. The quantitative estimate of drug-likeness (QED) is 0.488. The van der Waals surface area contributed by atoms with Gasteiger partial charge in [-0.2, -0.15) is 5.26 Å². The topological polar surface area (TPSA) is 143 Å². The van der Waals surface area contributed by atoms with Gasteiger partial charge in [-0.05, 0) is 49.9 Å². The maximum absolute atomic E-state index is 13.2. The number of aromatic nitrogens is 2. The van der Waals surface area contributed by atoms with Crippen molar-refractivity contribution in [3.05, 3.63) is 54.4 Å². The Labute approximate surface area is 228 Å². The molecule has 1 saturated heterocycles. The standard InChI is InChI=1S/C29H31N5O4S/c30-19-28(12-13-28)29(27(31)35)11-3-1-5-22(29)25-24(33-26(38-25)23-6-2-4-14-32-23)20-7-9-21(10-8-20)34-15-17-39(36,37)18-16-34/h2,4,6-10,14,22H,1,3,5,11-13,15-18H2,(H2,31,35). The van der Waals surface area contributed by atoms with Gasteiger partial charge in [0, 0.05) is 36.5 Å². The van der Waals surface area contributed by atoms with Gasteiger partial charge in [-0.3, -0.25) is 9.78 Å². The molecule has 0 spiro atoms. The fourth-order valence-corrected chi connectivity index (χ4v) is 7.79. The Bertz CT molecular complexity index is 1530. The van der Waals surface area contributed by atoms with Crippen LogP contribution in [-0.2, 0) is 14.6 Å². The van der Waals surface area contributed by atoms with Gasteiger partial charge in [-0.15, -0.1) is 0 Å². The zero-order chi connectivity index (χ0) is 27.3. The molecular formula is C29H31N5O4S. The molecule has 2 unspecified atom stereocenters. The van der Waals surface area contributed by atoms with Crippen LogP contribution in [0.4, 0.5) is 5.69 Å². The van der Waals surface area contributed by atoms with E-state index in [0.29, 0.717) is 61.8 Å². The Morgan fingerprint density at radius 2 is 1.82 bits per heavy atom. The number of anilines is 1. The number of pyridine rings is 1. The number of sulfone groups is 1. The number of amides is 1. The van der Waals surface area contributed by atoms with Crippen LogP contribution in [0.15, 0.2) is 53.1 Å². The van der Waals surface area contributed by atoms with E-state index < -0.39 is 26.6 Å². The van der Waals surface area contributed by atoms with E-state index in [1.165, 1.54) is 0 Å². The lowest BCUT2D eigenvalue weighted by Gasteiger charge is -2.44. The van der Waals surface area contributed by atoms with E-state index in [2.05, 4.69) is 16.0 Å². The van der Waals surface area contributed by atoms with Gasteiger partial charge in [-0.25, -0.2) is 13.4 Å². The molecule has 3 aliphatic rings. The second-order valence-electron chi connectivity index (χ2n) is 11.0. The van der Waals surface area contributed by atoms with E-state index in [1.54, 1.807) is 6.20 Å². The molecule has 3 heterocycles. The first-order valence-corrected chi connectivity index (χ1v) is 15.3. The van der Waals surface area contributed by atoms with E-state index in [9.17, 15) is 18.5 Å². The number of hydrogen-bond donors (Lipinski definition) is 1. The maximum Gasteiger partial charge on any atom is 0.245 e. The number of carbonyl (C=O) groups excluding carboxylic acids is 1. The molecule has 1 amide bonds. The molecule has 3 aromatic rings. The van der Waals surface area contributed by atoms with Gasteiger partial charge in [0.15, 0.2) is 9.84 Å². The van der Waals surface area contributed by atoms with E-state index in [-0.39, 0.29) is 17.4 Å². The Morgan fingerprint density at radius 1 is 1.08 bits per heavy atom. The summed E-state index contributed by atoms with van der Waals surface area (Å²) in [5, 5.41) is 10.2. The van der Waals surface area contributed by atoms with Crippen LogP contribution in [0.5, 0.6) is 0 Å². The average molecular weight is 546 g/mol. The Kier molecular flexibility index (Phi) is 6.22. The van der Waals surface area contributed by atoms with Crippen LogP contribution in [0.3, 0.4) is 0 Å². The van der Waals surface area contributed by atoms with Crippen molar-refractivity contribution in [2.24, 2.45) is 16.6 Å². The highest BCUT2D eigenvalue weighted by molar-refractivity contribution is 7.91. The molecule has 0 bridgehead atoms. The second-order valence-corrected chi connectivity index (χ2v) is 13.3. The zero-order valence-corrected chi connectivity index (χ0v) is 22.5. The number of nitriles is 1. The number of nitrogens with two attached hydrogens (primary N) is 1. The summed E-state index contributed by atoms with van der Waals surface area (Å²) >= 11 is 0. The predicted molar refractivity (Wildman–Crippen MR) is 146 cm³/mol. The van der Waals surface area contributed by atoms with Gasteiger partial charge < -0.3 is 15.1 Å². The van der Waals surface area contributed by atoms with Crippen LogP contribution in [0.1, 0.15) is 50.2 Å². The monoisotopic (exact) mass is 545 g/mol. The van der Waals surface area contributed by atoms with Crippen LogP contribution >= 0.6 is 0 Å². The average Bonchev–Trinajstić information content (AvgIpc) is 3.64. The minimum absolute atomic E-state index is 0.146. The molecule has 2 atom stereocenters. The molecular weight excluding hydrogens is 514 g/mol. The summed E-state index contributed by atoms with van der Waals surface area (Å²) in [4.78, 5) is 24.6. The highest BCUT2D eigenvalue weighted by atomic mass is 32.2. The minimum atomic E-state index is -2.97. The van der Waals surface area contributed by atoms with Crippen LogP contribution in [-0.4, -0.2) is 48.9 Å². The summed E-state index contributed by atoms with van der Waals surface area (Å²) in [6.07, 6.45) is 5.94. The minimum Gasteiger partial charge on any atom is -0.439 e. The van der Waals surface area contributed by atoms with Crippen LogP contribution < -0.4 is 10.6 Å². The Morgan fingerprint density at radius 3 is 2.44 bits per heavy atom. The Hall–Kier alpha value is -3.71. The number of primary amides is 1. The van der Waals surface area contributed by atoms with Gasteiger partial charge in [0.2, 0.25) is 11.8 Å². The van der Waals surface area contributed by atoms with Crippen LogP contribution in [0.25, 0.3) is 22.8 Å². The van der Waals surface area contributed by atoms with E-state index >= 15 is 0 Å². The van der Waals surface area contributed by atoms with Gasteiger partial charge in [0.1, 0.15) is 17.1 Å². The molecule has 9 nitrogen and oxygen atoms in total. The van der Waals surface area contributed by atoms with Crippen molar-refractivity contribution in [1.82, 2.24) is 9.97 Å². The number of carbonyl (C=O) groups is 1. The smallest absolute Gasteiger partial charge is 0.245 e. The third-order valence-electron chi connectivity index (χ3n) is 8.87.